The van der Waals surface area contributed by atoms with E-state index in [1.807, 2.05) is 20.7 Å². The van der Waals surface area contributed by atoms with Crippen LogP contribution in [0.2, 0.25) is 6.82 Å². The topological polar surface area (TPSA) is 97.6 Å². The van der Waals surface area contributed by atoms with Crippen molar-refractivity contribution in [3.8, 4) is 0 Å². The second-order valence-corrected chi connectivity index (χ2v) is 8.56. The van der Waals surface area contributed by atoms with Crippen molar-refractivity contribution in [3.05, 3.63) is 0 Å². The van der Waals surface area contributed by atoms with Gasteiger partial charge in [-0.15, -0.1) is 9.12 Å². The molecule has 0 saturated carbocycles. The molecule has 2 aliphatic rings. The molecule has 2 aliphatic heterocycles. The third kappa shape index (κ3) is 4.79. The highest BCUT2D eigenvalue weighted by Gasteiger charge is 2.48. The van der Waals surface area contributed by atoms with Crippen LogP contribution in [0.4, 0.5) is 0 Å². The van der Waals surface area contributed by atoms with Crippen LogP contribution in [0.1, 0.15) is 34.1 Å². The van der Waals surface area contributed by atoms with Gasteiger partial charge in [-0.2, -0.15) is 0 Å². The van der Waals surface area contributed by atoms with E-state index < -0.39 is 36.6 Å². The zero-order chi connectivity index (χ0) is 19.6. The van der Waals surface area contributed by atoms with Crippen molar-refractivity contribution in [1.29, 1.82) is 0 Å². The Kier molecular flexibility index (Phi) is 8.32. The molecule has 2 saturated heterocycles. The van der Waals surface area contributed by atoms with Crippen LogP contribution in [0.25, 0.3) is 0 Å². The summed E-state index contributed by atoms with van der Waals surface area (Å²) in [7, 11) is 2.63. The lowest BCUT2D eigenvalue weighted by atomic mass is 9.85. The van der Waals surface area contributed by atoms with Crippen molar-refractivity contribution in [2.24, 2.45) is 11.8 Å². The van der Waals surface area contributed by atoms with E-state index in [9.17, 15) is 15.3 Å². The van der Waals surface area contributed by atoms with Crippen molar-refractivity contribution in [2.45, 2.75) is 90.0 Å². The first kappa shape index (κ1) is 22.5. The van der Waals surface area contributed by atoms with Crippen LogP contribution in [0, 0.1) is 11.8 Å². The van der Waals surface area contributed by atoms with Crippen molar-refractivity contribution >= 4 is 15.8 Å². The Hall–Kier alpha value is 0.215. The molecule has 2 rings (SSSR count). The Morgan fingerprint density at radius 1 is 1.00 bits per heavy atom. The number of rotatable bonds is 6. The predicted octanol–water partition coefficient (Wildman–Crippen LogP) is 0.658. The average molecular weight is 392 g/mol. The predicted molar refractivity (Wildman–Crippen MR) is 102 cm³/mol. The molecule has 0 spiro atoms. The molecule has 5 unspecified atom stereocenters. The zero-order valence-electron chi connectivity index (χ0n) is 16.3. The maximum absolute atomic E-state index is 10.5. The molecule has 0 aromatic rings. The van der Waals surface area contributed by atoms with Gasteiger partial charge in [0.25, 0.3) is 0 Å². The van der Waals surface area contributed by atoms with Gasteiger partial charge in [0.1, 0.15) is 18.3 Å². The molecule has 26 heavy (non-hydrogen) atoms. The van der Waals surface area contributed by atoms with E-state index in [-0.39, 0.29) is 37.5 Å². The standard InChI is InChI=1S/C17H34BO7P/c1-6-11-16(15(25-18(5)26)8(2)10(4)22-11)24-17-14(21)9(3)13(20)12(7-19)23-17/h8-17,19-21H,6-7,26H2,1-5H3/t8?,9?,10-,11?,12+,13+,14?,15-,16-,17-/m1/s1. The van der Waals surface area contributed by atoms with Crippen molar-refractivity contribution in [2.75, 3.05) is 6.61 Å². The number of ether oxygens (including phenoxy) is 3. The van der Waals surface area contributed by atoms with E-state index >= 15 is 0 Å². The Morgan fingerprint density at radius 2 is 1.65 bits per heavy atom. The minimum atomic E-state index is -1.01. The van der Waals surface area contributed by atoms with Crippen LogP contribution in [0.15, 0.2) is 0 Å². The maximum Gasteiger partial charge on any atom is 0.312 e. The Balaban J connectivity index is 2.21. The van der Waals surface area contributed by atoms with Crippen molar-refractivity contribution in [1.82, 2.24) is 0 Å². The average Bonchev–Trinajstić information content (AvgIpc) is 2.60. The molecule has 3 N–H and O–H groups in total. The summed E-state index contributed by atoms with van der Waals surface area (Å²) in [6.45, 7) is 9.37. The van der Waals surface area contributed by atoms with Crippen molar-refractivity contribution in [3.63, 3.8) is 0 Å². The number of aliphatic hydroxyl groups excluding tert-OH is 3. The molecule has 7 nitrogen and oxygen atoms in total. The first-order valence-corrected chi connectivity index (χ1v) is 10.2. The summed E-state index contributed by atoms with van der Waals surface area (Å²) in [6, 6.07) is 0. The quantitative estimate of drug-likeness (QED) is 0.451. The summed E-state index contributed by atoms with van der Waals surface area (Å²) in [5.41, 5.74) is 0. The van der Waals surface area contributed by atoms with Gasteiger partial charge >= 0.3 is 6.64 Å². The van der Waals surface area contributed by atoms with Gasteiger partial charge in [0.2, 0.25) is 0 Å². The van der Waals surface area contributed by atoms with Gasteiger partial charge in [0.15, 0.2) is 6.29 Å². The Morgan fingerprint density at radius 3 is 2.19 bits per heavy atom. The lowest BCUT2D eigenvalue weighted by molar-refractivity contribution is -0.327. The third-order valence-corrected chi connectivity index (χ3v) is 5.79. The van der Waals surface area contributed by atoms with E-state index in [2.05, 4.69) is 16.0 Å². The summed E-state index contributed by atoms with van der Waals surface area (Å²) in [5, 5.41) is 30.1. The van der Waals surface area contributed by atoms with Crippen LogP contribution in [-0.2, 0) is 18.9 Å². The highest BCUT2D eigenvalue weighted by molar-refractivity contribution is 7.60. The van der Waals surface area contributed by atoms with Gasteiger partial charge in [-0.25, -0.2) is 0 Å². The van der Waals surface area contributed by atoms with Crippen LogP contribution < -0.4 is 0 Å². The molecule has 0 radical (unpaired) electrons. The van der Waals surface area contributed by atoms with Gasteiger partial charge < -0.3 is 34.2 Å². The maximum atomic E-state index is 10.5. The second kappa shape index (κ2) is 9.61. The summed E-state index contributed by atoms with van der Waals surface area (Å²) < 4.78 is 24.1. The van der Waals surface area contributed by atoms with E-state index in [1.54, 1.807) is 6.92 Å². The lowest BCUT2D eigenvalue weighted by Crippen LogP contribution is -2.61. The highest BCUT2D eigenvalue weighted by atomic mass is 31.0. The fourth-order valence-electron chi connectivity index (χ4n) is 3.74. The normalized spacial score (nSPS) is 47.0. The lowest BCUT2D eigenvalue weighted by Gasteiger charge is -2.48. The highest BCUT2D eigenvalue weighted by Crippen LogP contribution is 2.35. The number of hydrogen-bond acceptors (Lipinski definition) is 7. The molecule has 2 fully saturated rings. The SMILES string of the molecule is CCC1O[C@H](C)C(C)[C@@H](OB(C)P)[C@@H]1O[C@H]1O[C@@H](CO)[C@@H](O)C(C)C1O. The largest absolute Gasteiger partial charge is 0.426 e. The van der Waals surface area contributed by atoms with E-state index in [1.165, 1.54) is 0 Å². The smallest absolute Gasteiger partial charge is 0.312 e. The molecular formula is C17H34BO7P. The third-order valence-electron chi connectivity index (χ3n) is 5.63. The molecule has 2 heterocycles. The monoisotopic (exact) mass is 392 g/mol. The van der Waals surface area contributed by atoms with E-state index in [0.29, 0.717) is 0 Å². The van der Waals surface area contributed by atoms with E-state index in [0.717, 1.165) is 6.42 Å². The number of aliphatic hydroxyl groups is 3. The molecule has 0 aliphatic carbocycles. The zero-order valence-corrected chi connectivity index (χ0v) is 17.5. The summed E-state index contributed by atoms with van der Waals surface area (Å²) in [5.74, 6) is -0.380. The molecule has 152 valence electrons. The first-order chi connectivity index (χ1) is 12.2. The minimum Gasteiger partial charge on any atom is -0.426 e. The molecule has 0 aromatic carbocycles. The Bertz CT molecular complexity index is 441. The van der Waals surface area contributed by atoms with Gasteiger partial charge in [0, 0.05) is 11.8 Å². The van der Waals surface area contributed by atoms with Crippen LogP contribution >= 0.6 is 9.12 Å². The second-order valence-electron chi connectivity index (χ2n) is 7.62. The van der Waals surface area contributed by atoms with E-state index in [4.69, 9.17) is 18.9 Å². The summed E-state index contributed by atoms with van der Waals surface area (Å²) >= 11 is 0. The fraction of sp³-hybridized carbons (Fsp3) is 1.00. The Labute approximate surface area is 159 Å². The first-order valence-electron chi connectivity index (χ1n) is 9.55. The summed E-state index contributed by atoms with van der Waals surface area (Å²) in [4.78, 5) is 0. The van der Waals surface area contributed by atoms with Gasteiger partial charge in [-0.3, -0.25) is 0 Å². The molecule has 0 amide bonds. The van der Waals surface area contributed by atoms with Gasteiger partial charge in [0.05, 0.1) is 31.0 Å². The molecule has 9 heteroatoms. The molecule has 11 atom stereocenters. The molecule has 0 bridgehead atoms. The summed E-state index contributed by atoms with van der Waals surface area (Å²) in [6.07, 6.45) is -3.78. The minimum absolute atomic E-state index is 0.0247. The molecule has 0 aromatic heterocycles. The van der Waals surface area contributed by atoms with Crippen LogP contribution in [-0.4, -0.2) is 77.6 Å². The van der Waals surface area contributed by atoms with Crippen molar-refractivity contribution < 1.29 is 34.2 Å². The van der Waals surface area contributed by atoms with Crippen LogP contribution in [0.5, 0.6) is 0 Å². The number of hydrogen-bond donors (Lipinski definition) is 3. The van der Waals surface area contributed by atoms with Gasteiger partial charge in [-0.1, -0.05) is 27.6 Å². The fourth-order valence-corrected chi connectivity index (χ4v) is 3.92. The van der Waals surface area contributed by atoms with Crippen LogP contribution in [0.3, 0.4) is 0 Å². The molecular weight excluding hydrogens is 358 g/mol. The van der Waals surface area contributed by atoms with Gasteiger partial charge in [-0.05, 0) is 13.3 Å².